The molecule has 22 heavy (non-hydrogen) atoms. The Balaban J connectivity index is 1.80. The van der Waals surface area contributed by atoms with E-state index >= 15 is 0 Å². The van der Waals surface area contributed by atoms with Crippen molar-refractivity contribution in [2.75, 3.05) is 25.1 Å². The van der Waals surface area contributed by atoms with Crippen molar-refractivity contribution in [3.63, 3.8) is 0 Å². The highest BCUT2D eigenvalue weighted by molar-refractivity contribution is 7.90. The first-order valence-corrected chi connectivity index (χ1v) is 10.3. The molecule has 0 radical (unpaired) electrons. The van der Waals surface area contributed by atoms with Crippen LogP contribution in [0.4, 0.5) is 0 Å². The van der Waals surface area contributed by atoms with Gasteiger partial charge in [-0.2, -0.15) is 0 Å². The second-order valence-corrected chi connectivity index (χ2v) is 9.09. The molecule has 1 aromatic heterocycles. The van der Waals surface area contributed by atoms with E-state index in [9.17, 15) is 13.2 Å². The number of carbonyl (C=O) groups excluding carboxylic acids is 1. The van der Waals surface area contributed by atoms with Crippen LogP contribution in [0.5, 0.6) is 0 Å². The zero-order valence-corrected chi connectivity index (χ0v) is 14.1. The molecule has 1 aliphatic rings. The summed E-state index contributed by atoms with van der Waals surface area (Å²) in [6, 6.07) is 7.89. The number of sulfone groups is 1. The number of likely N-dealkylation sites (tertiary alicyclic amines) is 1. The Morgan fingerprint density at radius 2 is 2.14 bits per heavy atom. The minimum absolute atomic E-state index is 0.0238. The van der Waals surface area contributed by atoms with Crippen LogP contribution in [0.15, 0.2) is 29.6 Å². The van der Waals surface area contributed by atoms with Crippen LogP contribution in [0.1, 0.15) is 23.2 Å². The van der Waals surface area contributed by atoms with Gasteiger partial charge in [0, 0.05) is 34.8 Å². The van der Waals surface area contributed by atoms with E-state index in [0.29, 0.717) is 13.1 Å². The molecule has 0 spiro atoms. The van der Waals surface area contributed by atoms with Crippen molar-refractivity contribution < 1.29 is 13.2 Å². The van der Waals surface area contributed by atoms with Gasteiger partial charge in [0.05, 0.1) is 11.3 Å². The van der Waals surface area contributed by atoms with Crippen LogP contribution in [0.3, 0.4) is 0 Å². The van der Waals surface area contributed by atoms with Gasteiger partial charge in [0.15, 0.2) is 0 Å². The smallest absolute Gasteiger partial charge is 0.255 e. The number of hydrogen-bond acceptors (Lipinski definition) is 4. The number of amides is 1. The Morgan fingerprint density at radius 1 is 1.36 bits per heavy atom. The third kappa shape index (κ3) is 3.33. The minimum Gasteiger partial charge on any atom is -0.338 e. The van der Waals surface area contributed by atoms with Crippen molar-refractivity contribution in [2.24, 2.45) is 5.92 Å². The highest BCUT2D eigenvalue weighted by Crippen LogP contribution is 2.28. The number of carbonyl (C=O) groups is 1. The van der Waals surface area contributed by atoms with Crippen LogP contribution in [0, 0.1) is 5.92 Å². The molecule has 6 heteroatoms. The van der Waals surface area contributed by atoms with Gasteiger partial charge in [-0.1, -0.05) is 18.2 Å². The first-order chi connectivity index (χ1) is 10.4. The van der Waals surface area contributed by atoms with Crippen molar-refractivity contribution in [1.29, 1.82) is 0 Å². The summed E-state index contributed by atoms with van der Waals surface area (Å²) in [6.07, 6.45) is 3.01. The molecule has 1 amide bonds. The fourth-order valence-corrected chi connectivity index (χ4v) is 5.19. The first kappa shape index (κ1) is 15.5. The summed E-state index contributed by atoms with van der Waals surface area (Å²) in [5.41, 5.74) is 0.737. The maximum absolute atomic E-state index is 12.8. The number of rotatable bonds is 3. The number of hydrogen-bond donors (Lipinski definition) is 0. The summed E-state index contributed by atoms with van der Waals surface area (Å²) < 4.78 is 24.1. The van der Waals surface area contributed by atoms with Crippen molar-refractivity contribution in [3.8, 4) is 0 Å². The lowest BCUT2D eigenvalue weighted by Gasteiger charge is -2.32. The van der Waals surface area contributed by atoms with Gasteiger partial charge in [-0.25, -0.2) is 8.42 Å². The van der Waals surface area contributed by atoms with E-state index in [0.717, 1.165) is 28.5 Å². The molecule has 0 saturated carbocycles. The Hall–Kier alpha value is -1.40. The van der Waals surface area contributed by atoms with E-state index in [1.807, 2.05) is 34.5 Å². The van der Waals surface area contributed by atoms with Crippen molar-refractivity contribution in [2.45, 2.75) is 12.8 Å². The highest BCUT2D eigenvalue weighted by Gasteiger charge is 2.27. The largest absolute Gasteiger partial charge is 0.338 e. The molecule has 2 heterocycles. The minimum atomic E-state index is -3.00. The molecular weight excluding hydrogens is 318 g/mol. The summed E-state index contributed by atoms with van der Waals surface area (Å²) in [4.78, 5) is 14.6. The molecule has 4 nitrogen and oxygen atoms in total. The van der Waals surface area contributed by atoms with E-state index in [-0.39, 0.29) is 17.6 Å². The van der Waals surface area contributed by atoms with Crippen LogP contribution >= 0.6 is 11.3 Å². The quantitative estimate of drug-likeness (QED) is 0.865. The Kier molecular flexibility index (Phi) is 4.23. The topological polar surface area (TPSA) is 54.5 Å². The summed E-state index contributed by atoms with van der Waals surface area (Å²) in [6.45, 7) is 1.25. The Morgan fingerprint density at radius 3 is 2.91 bits per heavy atom. The highest BCUT2D eigenvalue weighted by atomic mass is 32.2. The molecule has 0 unspecified atom stereocenters. The molecule has 0 N–H and O–H groups in total. The normalized spacial score (nSPS) is 19.5. The van der Waals surface area contributed by atoms with Gasteiger partial charge in [0.25, 0.3) is 5.91 Å². The molecule has 1 saturated heterocycles. The van der Waals surface area contributed by atoms with Gasteiger partial charge in [-0.05, 0) is 24.8 Å². The van der Waals surface area contributed by atoms with Gasteiger partial charge in [-0.15, -0.1) is 11.3 Å². The van der Waals surface area contributed by atoms with E-state index in [4.69, 9.17) is 0 Å². The summed E-state index contributed by atoms with van der Waals surface area (Å²) in [5, 5.41) is 2.90. The molecule has 1 aliphatic heterocycles. The predicted molar refractivity (Wildman–Crippen MR) is 90.2 cm³/mol. The molecule has 1 aromatic carbocycles. The van der Waals surface area contributed by atoms with Gasteiger partial charge in [0.1, 0.15) is 9.84 Å². The standard InChI is InChI=1S/C16H19NO3S2/c1-22(19,20)11-12-5-4-8-17(9-12)16(18)14-10-21-15-7-3-2-6-13(14)15/h2-3,6-7,10,12H,4-5,8-9,11H2,1H3/t12-/m1/s1. The summed E-state index contributed by atoms with van der Waals surface area (Å²) >= 11 is 1.57. The molecule has 2 aromatic rings. The molecule has 118 valence electrons. The maximum atomic E-state index is 12.8. The van der Waals surface area contributed by atoms with E-state index in [2.05, 4.69) is 0 Å². The lowest BCUT2D eigenvalue weighted by molar-refractivity contribution is 0.0687. The summed E-state index contributed by atoms with van der Waals surface area (Å²) in [7, 11) is -3.00. The molecule has 1 atom stereocenters. The second-order valence-electron chi connectivity index (χ2n) is 6.00. The maximum Gasteiger partial charge on any atom is 0.255 e. The average Bonchev–Trinajstić information content (AvgIpc) is 2.89. The summed E-state index contributed by atoms with van der Waals surface area (Å²) in [5.74, 6) is 0.245. The van der Waals surface area contributed by atoms with Crippen molar-refractivity contribution in [1.82, 2.24) is 4.90 Å². The van der Waals surface area contributed by atoms with Crippen LogP contribution in [0.25, 0.3) is 10.1 Å². The van der Waals surface area contributed by atoms with E-state index in [1.54, 1.807) is 11.3 Å². The van der Waals surface area contributed by atoms with Crippen molar-refractivity contribution in [3.05, 3.63) is 35.2 Å². The fraction of sp³-hybridized carbons (Fsp3) is 0.438. The van der Waals surface area contributed by atoms with Crippen LogP contribution in [0.2, 0.25) is 0 Å². The SMILES string of the molecule is CS(=O)(=O)C[C@@H]1CCCN(C(=O)c2csc3ccccc23)C1. The molecular formula is C16H19NO3S2. The first-order valence-electron chi connectivity index (χ1n) is 7.37. The average molecular weight is 337 g/mol. The fourth-order valence-electron chi connectivity index (χ4n) is 3.13. The van der Waals surface area contributed by atoms with Gasteiger partial charge in [0.2, 0.25) is 0 Å². The molecule has 0 aliphatic carbocycles. The molecule has 0 bridgehead atoms. The number of benzene rings is 1. The monoisotopic (exact) mass is 337 g/mol. The lowest BCUT2D eigenvalue weighted by atomic mass is 9.99. The van der Waals surface area contributed by atoms with E-state index < -0.39 is 9.84 Å². The van der Waals surface area contributed by atoms with Crippen LogP contribution in [-0.2, 0) is 9.84 Å². The van der Waals surface area contributed by atoms with Gasteiger partial charge < -0.3 is 4.90 Å². The molecule has 3 rings (SSSR count). The van der Waals surface area contributed by atoms with Crippen LogP contribution < -0.4 is 0 Å². The lowest BCUT2D eigenvalue weighted by Crippen LogP contribution is -2.41. The Bertz CT molecular complexity index is 795. The zero-order valence-electron chi connectivity index (χ0n) is 12.5. The number of piperidine rings is 1. The Labute approximate surface area is 134 Å². The van der Waals surface area contributed by atoms with Crippen molar-refractivity contribution >= 4 is 37.2 Å². The second kappa shape index (κ2) is 6.01. The van der Waals surface area contributed by atoms with Gasteiger partial charge in [-0.3, -0.25) is 4.79 Å². The third-order valence-corrected chi connectivity index (χ3v) is 6.10. The van der Waals surface area contributed by atoms with Crippen LogP contribution in [-0.4, -0.2) is 44.3 Å². The van der Waals surface area contributed by atoms with E-state index in [1.165, 1.54) is 6.26 Å². The third-order valence-electron chi connectivity index (χ3n) is 4.06. The number of thiophene rings is 1. The number of nitrogens with zero attached hydrogens (tertiary/aromatic N) is 1. The predicted octanol–water partition coefficient (Wildman–Crippen LogP) is 2.80. The number of fused-ring (bicyclic) bond motifs is 1. The zero-order chi connectivity index (χ0) is 15.7. The molecule has 1 fully saturated rings. The van der Waals surface area contributed by atoms with Gasteiger partial charge >= 0.3 is 0 Å².